The molecule has 3 nitrogen and oxygen atoms in total. The fourth-order valence-corrected chi connectivity index (χ4v) is 3.36. The lowest BCUT2D eigenvalue weighted by atomic mass is 9.98. The Morgan fingerprint density at radius 3 is 3.05 bits per heavy atom. The van der Waals surface area contributed by atoms with Gasteiger partial charge in [-0.3, -0.25) is 4.90 Å². The van der Waals surface area contributed by atoms with E-state index in [4.69, 9.17) is 4.74 Å². The zero-order valence-electron chi connectivity index (χ0n) is 12.7. The van der Waals surface area contributed by atoms with Gasteiger partial charge in [0.1, 0.15) is 11.9 Å². The van der Waals surface area contributed by atoms with Gasteiger partial charge < -0.3 is 10.1 Å². The van der Waals surface area contributed by atoms with Crippen LogP contribution in [0.15, 0.2) is 24.3 Å². The number of hydrogen-bond acceptors (Lipinski definition) is 3. The van der Waals surface area contributed by atoms with Crippen LogP contribution >= 0.6 is 0 Å². The average molecular weight is 274 g/mol. The Labute approximate surface area is 122 Å². The Hall–Kier alpha value is -1.06. The maximum atomic E-state index is 6.09. The highest BCUT2D eigenvalue weighted by Crippen LogP contribution is 2.29. The summed E-state index contributed by atoms with van der Waals surface area (Å²) in [5, 5.41) is 3.70. The van der Waals surface area contributed by atoms with Crippen molar-refractivity contribution in [2.75, 3.05) is 26.2 Å². The summed E-state index contributed by atoms with van der Waals surface area (Å²) in [5.74, 6) is 1.09. The molecule has 1 saturated heterocycles. The lowest BCUT2D eigenvalue weighted by molar-refractivity contribution is 0.133. The smallest absolute Gasteiger partial charge is 0.123 e. The van der Waals surface area contributed by atoms with Crippen molar-refractivity contribution in [3.8, 4) is 5.75 Å². The van der Waals surface area contributed by atoms with E-state index in [1.54, 1.807) is 0 Å². The first kappa shape index (κ1) is 13.9. The predicted octanol–water partition coefficient (Wildman–Crippen LogP) is 2.45. The van der Waals surface area contributed by atoms with Gasteiger partial charge in [-0.15, -0.1) is 0 Å². The summed E-state index contributed by atoms with van der Waals surface area (Å²) in [6.45, 7) is 9.10. The molecule has 0 radical (unpaired) electrons. The zero-order valence-corrected chi connectivity index (χ0v) is 12.7. The molecule has 20 heavy (non-hydrogen) atoms. The summed E-state index contributed by atoms with van der Waals surface area (Å²) in [6.07, 6.45) is 3.79. The Morgan fingerprint density at radius 2 is 2.25 bits per heavy atom. The van der Waals surface area contributed by atoms with E-state index in [1.807, 2.05) is 0 Å². The van der Waals surface area contributed by atoms with Gasteiger partial charge in [-0.05, 0) is 44.5 Å². The van der Waals surface area contributed by atoms with Crippen molar-refractivity contribution in [2.45, 2.75) is 44.8 Å². The highest BCUT2D eigenvalue weighted by molar-refractivity contribution is 5.37. The molecule has 0 spiro atoms. The molecular formula is C17H26N2O. The molecule has 2 aliphatic heterocycles. The SMILES string of the molecule is CCC1(C)CN(CC2Cc3ccccc3O2)CCCN1. The van der Waals surface area contributed by atoms with Crippen molar-refractivity contribution in [1.29, 1.82) is 0 Å². The largest absolute Gasteiger partial charge is 0.488 e. The van der Waals surface area contributed by atoms with Crippen molar-refractivity contribution < 1.29 is 4.74 Å². The van der Waals surface area contributed by atoms with Crippen LogP contribution in [-0.2, 0) is 6.42 Å². The third kappa shape index (κ3) is 2.99. The first-order valence-corrected chi connectivity index (χ1v) is 7.90. The topological polar surface area (TPSA) is 24.5 Å². The van der Waals surface area contributed by atoms with Crippen LogP contribution in [0.5, 0.6) is 5.75 Å². The van der Waals surface area contributed by atoms with E-state index in [2.05, 4.69) is 48.3 Å². The van der Waals surface area contributed by atoms with E-state index in [-0.39, 0.29) is 5.54 Å². The number of rotatable bonds is 3. The van der Waals surface area contributed by atoms with Crippen LogP contribution in [0.1, 0.15) is 32.3 Å². The van der Waals surface area contributed by atoms with Crippen molar-refractivity contribution in [3.63, 3.8) is 0 Å². The molecule has 3 rings (SSSR count). The van der Waals surface area contributed by atoms with Crippen molar-refractivity contribution in [2.24, 2.45) is 0 Å². The number of ether oxygens (including phenoxy) is 1. The molecular weight excluding hydrogens is 248 g/mol. The number of benzene rings is 1. The van der Waals surface area contributed by atoms with Gasteiger partial charge in [0, 0.05) is 25.0 Å². The molecule has 110 valence electrons. The molecule has 1 fully saturated rings. The fraction of sp³-hybridized carbons (Fsp3) is 0.647. The molecule has 2 atom stereocenters. The van der Waals surface area contributed by atoms with Gasteiger partial charge in [-0.25, -0.2) is 0 Å². The van der Waals surface area contributed by atoms with Gasteiger partial charge in [-0.2, -0.15) is 0 Å². The molecule has 1 N–H and O–H groups in total. The van der Waals surface area contributed by atoms with Crippen LogP contribution in [0.3, 0.4) is 0 Å². The summed E-state index contributed by atoms with van der Waals surface area (Å²) < 4.78 is 6.09. The van der Waals surface area contributed by atoms with Gasteiger partial charge in [0.2, 0.25) is 0 Å². The van der Waals surface area contributed by atoms with Crippen LogP contribution in [0.2, 0.25) is 0 Å². The summed E-state index contributed by atoms with van der Waals surface area (Å²) >= 11 is 0. The third-order valence-electron chi connectivity index (χ3n) is 4.73. The van der Waals surface area contributed by atoms with E-state index in [0.29, 0.717) is 6.10 Å². The van der Waals surface area contributed by atoms with E-state index in [0.717, 1.165) is 31.8 Å². The van der Waals surface area contributed by atoms with Crippen molar-refractivity contribution in [1.82, 2.24) is 10.2 Å². The third-order valence-corrected chi connectivity index (χ3v) is 4.73. The number of hydrogen-bond donors (Lipinski definition) is 1. The summed E-state index contributed by atoms with van der Waals surface area (Å²) in [5.41, 5.74) is 1.62. The zero-order chi connectivity index (χ0) is 14.0. The van der Waals surface area contributed by atoms with Crippen molar-refractivity contribution in [3.05, 3.63) is 29.8 Å². The first-order valence-electron chi connectivity index (χ1n) is 7.90. The number of fused-ring (bicyclic) bond motifs is 1. The maximum Gasteiger partial charge on any atom is 0.123 e. The Bertz CT molecular complexity index is 437. The minimum absolute atomic E-state index is 0.252. The van der Waals surface area contributed by atoms with E-state index >= 15 is 0 Å². The quantitative estimate of drug-likeness (QED) is 0.916. The monoisotopic (exact) mass is 274 g/mol. The van der Waals surface area contributed by atoms with Gasteiger partial charge in [-0.1, -0.05) is 25.1 Å². The Morgan fingerprint density at radius 1 is 1.40 bits per heavy atom. The summed E-state index contributed by atoms with van der Waals surface area (Å²) in [7, 11) is 0. The highest BCUT2D eigenvalue weighted by Gasteiger charge is 2.30. The second-order valence-electron chi connectivity index (χ2n) is 6.48. The number of para-hydroxylation sites is 1. The lowest BCUT2D eigenvalue weighted by Gasteiger charge is -2.33. The van der Waals surface area contributed by atoms with Crippen LogP contribution < -0.4 is 10.1 Å². The molecule has 1 aromatic carbocycles. The summed E-state index contributed by atoms with van der Waals surface area (Å²) in [4.78, 5) is 2.58. The second-order valence-corrected chi connectivity index (χ2v) is 6.48. The van der Waals surface area contributed by atoms with Crippen LogP contribution in [0, 0.1) is 0 Å². The molecule has 2 heterocycles. The van der Waals surface area contributed by atoms with Crippen LogP contribution in [-0.4, -0.2) is 42.7 Å². The minimum atomic E-state index is 0.252. The maximum absolute atomic E-state index is 6.09. The molecule has 0 aromatic heterocycles. The van der Waals surface area contributed by atoms with Gasteiger partial charge in [0.15, 0.2) is 0 Å². The molecule has 2 unspecified atom stereocenters. The van der Waals surface area contributed by atoms with Gasteiger partial charge in [0.25, 0.3) is 0 Å². The molecule has 0 aliphatic carbocycles. The average Bonchev–Trinajstić information content (AvgIpc) is 2.75. The molecule has 3 heteroatoms. The Balaban J connectivity index is 1.61. The fourth-order valence-electron chi connectivity index (χ4n) is 3.36. The van der Waals surface area contributed by atoms with Crippen LogP contribution in [0.25, 0.3) is 0 Å². The molecule has 0 amide bonds. The summed E-state index contributed by atoms with van der Waals surface area (Å²) in [6, 6.07) is 8.45. The molecule has 0 bridgehead atoms. The van der Waals surface area contributed by atoms with Gasteiger partial charge in [0.05, 0.1) is 0 Å². The molecule has 0 saturated carbocycles. The van der Waals surface area contributed by atoms with Crippen molar-refractivity contribution >= 4 is 0 Å². The van der Waals surface area contributed by atoms with E-state index < -0.39 is 0 Å². The van der Waals surface area contributed by atoms with E-state index in [1.165, 1.54) is 24.9 Å². The second kappa shape index (κ2) is 5.74. The Kier molecular flexibility index (Phi) is 3.99. The highest BCUT2D eigenvalue weighted by atomic mass is 16.5. The number of nitrogens with zero attached hydrogens (tertiary/aromatic N) is 1. The van der Waals surface area contributed by atoms with Crippen LogP contribution in [0.4, 0.5) is 0 Å². The number of nitrogens with one attached hydrogen (secondary N) is 1. The normalized spacial score (nSPS) is 30.6. The standard InChI is InChI=1S/C17H26N2O/c1-3-17(2)13-19(10-6-9-18-17)12-15-11-14-7-4-5-8-16(14)20-15/h4-5,7-8,15,18H,3,6,9-13H2,1-2H3. The first-order chi connectivity index (χ1) is 9.68. The van der Waals surface area contributed by atoms with Gasteiger partial charge >= 0.3 is 0 Å². The lowest BCUT2D eigenvalue weighted by Crippen LogP contribution is -2.50. The molecule has 2 aliphatic rings. The minimum Gasteiger partial charge on any atom is -0.488 e. The predicted molar refractivity (Wildman–Crippen MR) is 82.3 cm³/mol. The molecule has 1 aromatic rings. The van der Waals surface area contributed by atoms with E-state index in [9.17, 15) is 0 Å².